The maximum absolute atomic E-state index is 11.8. The Hall–Kier alpha value is -2.25. The van der Waals surface area contributed by atoms with E-state index >= 15 is 0 Å². The first-order valence-electron chi connectivity index (χ1n) is 7.62. The molecule has 0 saturated heterocycles. The van der Waals surface area contributed by atoms with Crippen molar-refractivity contribution in [2.24, 2.45) is 0 Å². The highest BCUT2D eigenvalue weighted by atomic mass is 32.1. The second kappa shape index (κ2) is 8.56. The number of aromatic carboxylic acids is 1. The molecule has 0 aliphatic heterocycles. The lowest BCUT2D eigenvalue weighted by Gasteiger charge is -2.08. The molecule has 128 valence electrons. The highest BCUT2D eigenvalue weighted by Crippen LogP contribution is 2.24. The van der Waals surface area contributed by atoms with Crippen LogP contribution in [0.3, 0.4) is 0 Å². The lowest BCUT2D eigenvalue weighted by atomic mass is 10.1. The van der Waals surface area contributed by atoms with Crippen molar-refractivity contribution in [1.82, 2.24) is 10.3 Å². The highest BCUT2D eigenvalue weighted by molar-refractivity contribution is 7.13. The molecule has 7 heteroatoms. The Morgan fingerprint density at radius 3 is 2.83 bits per heavy atom. The number of amides is 1. The number of benzene rings is 1. The minimum Gasteiger partial charge on any atom is -0.476 e. The summed E-state index contributed by atoms with van der Waals surface area (Å²) in [6.45, 7) is 4.67. The van der Waals surface area contributed by atoms with Crippen molar-refractivity contribution in [1.29, 1.82) is 0 Å². The number of nitrogens with zero attached hydrogens (tertiary/aromatic N) is 1. The molecule has 2 N–H and O–H groups in total. The zero-order chi connectivity index (χ0) is 17.5. The molecule has 24 heavy (non-hydrogen) atoms. The number of aromatic nitrogens is 1. The Balaban J connectivity index is 1.92. The summed E-state index contributed by atoms with van der Waals surface area (Å²) in [6, 6.07) is 7.53. The molecule has 0 aliphatic carbocycles. The third kappa shape index (κ3) is 5.43. The maximum atomic E-state index is 11.8. The van der Waals surface area contributed by atoms with Crippen molar-refractivity contribution < 1.29 is 19.4 Å². The van der Waals surface area contributed by atoms with E-state index < -0.39 is 5.97 Å². The minimum absolute atomic E-state index is 0.0406. The molecule has 1 amide bonds. The van der Waals surface area contributed by atoms with E-state index in [1.54, 1.807) is 0 Å². The van der Waals surface area contributed by atoms with Crippen LogP contribution < -0.4 is 5.32 Å². The van der Waals surface area contributed by atoms with E-state index in [-0.39, 0.29) is 17.7 Å². The van der Waals surface area contributed by atoms with E-state index in [2.05, 4.69) is 10.3 Å². The van der Waals surface area contributed by atoms with Crippen molar-refractivity contribution in [3.63, 3.8) is 0 Å². The fourth-order valence-corrected chi connectivity index (χ4v) is 2.79. The molecular weight excluding hydrogens is 328 g/mol. The molecule has 0 atom stereocenters. The van der Waals surface area contributed by atoms with Crippen LogP contribution in [-0.4, -0.2) is 34.7 Å². The summed E-state index contributed by atoms with van der Waals surface area (Å²) in [5.41, 5.74) is 1.80. The molecule has 6 nitrogen and oxygen atoms in total. The van der Waals surface area contributed by atoms with Gasteiger partial charge in [-0.1, -0.05) is 18.2 Å². The van der Waals surface area contributed by atoms with E-state index in [1.807, 2.05) is 38.1 Å². The molecule has 0 spiro atoms. The normalized spacial score (nSPS) is 10.8. The number of hydrogen-bond donors (Lipinski definition) is 2. The molecule has 0 aliphatic rings. The van der Waals surface area contributed by atoms with Crippen LogP contribution in [0.2, 0.25) is 0 Å². The lowest BCUT2D eigenvalue weighted by Crippen LogP contribution is -2.24. The number of carboxylic acid groups (broad SMARTS) is 1. The van der Waals surface area contributed by atoms with Crippen LogP contribution in [0.25, 0.3) is 10.6 Å². The van der Waals surface area contributed by atoms with Crippen LogP contribution in [0.5, 0.6) is 0 Å². The molecule has 0 saturated carbocycles. The maximum Gasteiger partial charge on any atom is 0.355 e. The van der Waals surface area contributed by atoms with Crippen LogP contribution in [0.15, 0.2) is 29.6 Å². The van der Waals surface area contributed by atoms with Gasteiger partial charge in [-0.05, 0) is 25.5 Å². The zero-order valence-electron chi connectivity index (χ0n) is 13.6. The van der Waals surface area contributed by atoms with E-state index in [4.69, 9.17) is 9.84 Å². The molecule has 1 aromatic carbocycles. The van der Waals surface area contributed by atoms with Gasteiger partial charge in [0.25, 0.3) is 0 Å². The van der Waals surface area contributed by atoms with Gasteiger partial charge in [0.2, 0.25) is 5.91 Å². The fourth-order valence-electron chi connectivity index (χ4n) is 2.00. The summed E-state index contributed by atoms with van der Waals surface area (Å²) in [5, 5.41) is 13.9. The largest absolute Gasteiger partial charge is 0.476 e. The van der Waals surface area contributed by atoms with Crippen LogP contribution in [-0.2, 0) is 16.1 Å². The van der Waals surface area contributed by atoms with Gasteiger partial charge >= 0.3 is 5.97 Å². The standard InChI is InChI=1S/C17H20N2O4S/c1-11(2)23-7-6-15(20)18-9-12-4-3-5-13(8-12)16-19-14(10-24-16)17(21)22/h3-5,8,10-11H,6-7,9H2,1-2H3,(H,18,20)(H,21,22). The minimum atomic E-state index is -1.04. The first-order valence-corrected chi connectivity index (χ1v) is 8.50. The average Bonchev–Trinajstić information content (AvgIpc) is 3.03. The smallest absolute Gasteiger partial charge is 0.355 e. The third-order valence-corrected chi connectivity index (χ3v) is 4.06. The quantitative estimate of drug-likeness (QED) is 0.766. The van der Waals surface area contributed by atoms with Crippen molar-refractivity contribution in [2.75, 3.05) is 6.61 Å². The van der Waals surface area contributed by atoms with E-state index in [9.17, 15) is 9.59 Å². The molecule has 1 heterocycles. The van der Waals surface area contributed by atoms with Gasteiger partial charge in [-0.15, -0.1) is 11.3 Å². The molecule has 0 fully saturated rings. The van der Waals surface area contributed by atoms with Gasteiger partial charge < -0.3 is 15.2 Å². The van der Waals surface area contributed by atoms with Gasteiger partial charge in [0, 0.05) is 23.9 Å². The summed E-state index contributed by atoms with van der Waals surface area (Å²) in [4.78, 5) is 26.8. The summed E-state index contributed by atoms with van der Waals surface area (Å²) in [5.74, 6) is -1.10. The molecule has 2 rings (SSSR count). The fraction of sp³-hybridized carbons (Fsp3) is 0.353. The van der Waals surface area contributed by atoms with Gasteiger partial charge in [-0.3, -0.25) is 4.79 Å². The number of carbonyl (C=O) groups is 2. The number of thiazole rings is 1. The lowest BCUT2D eigenvalue weighted by molar-refractivity contribution is -0.122. The van der Waals surface area contributed by atoms with Crippen LogP contribution in [0.1, 0.15) is 36.3 Å². The summed E-state index contributed by atoms with van der Waals surface area (Å²) >= 11 is 1.28. The number of rotatable bonds is 8. The Kier molecular flexibility index (Phi) is 6.45. The molecular formula is C17H20N2O4S. The predicted octanol–water partition coefficient (Wildman–Crippen LogP) is 2.94. The molecule has 1 aromatic heterocycles. The van der Waals surface area contributed by atoms with Gasteiger partial charge in [-0.2, -0.15) is 0 Å². The predicted molar refractivity (Wildman–Crippen MR) is 92.1 cm³/mol. The molecule has 0 unspecified atom stereocenters. The van der Waals surface area contributed by atoms with Crippen molar-refractivity contribution in [3.05, 3.63) is 40.9 Å². The zero-order valence-corrected chi connectivity index (χ0v) is 14.4. The molecule has 2 aromatic rings. The summed E-state index contributed by atoms with van der Waals surface area (Å²) in [7, 11) is 0. The van der Waals surface area contributed by atoms with Crippen molar-refractivity contribution in [2.45, 2.75) is 32.9 Å². The first kappa shape index (κ1) is 18.1. The summed E-state index contributed by atoms with van der Waals surface area (Å²) < 4.78 is 5.35. The van der Waals surface area contributed by atoms with Gasteiger partial charge in [0.05, 0.1) is 12.7 Å². The average molecular weight is 348 g/mol. The number of carbonyl (C=O) groups excluding carboxylic acids is 1. The number of carboxylic acids is 1. The topological polar surface area (TPSA) is 88.5 Å². The Morgan fingerprint density at radius 1 is 1.38 bits per heavy atom. The van der Waals surface area contributed by atoms with Crippen LogP contribution in [0.4, 0.5) is 0 Å². The molecule has 0 radical (unpaired) electrons. The van der Waals surface area contributed by atoms with Gasteiger partial charge in [-0.25, -0.2) is 9.78 Å². The van der Waals surface area contributed by atoms with E-state index in [1.165, 1.54) is 16.7 Å². The van der Waals surface area contributed by atoms with Crippen molar-refractivity contribution in [3.8, 4) is 10.6 Å². The Labute approximate surface area is 144 Å². The SMILES string of the molecule is CC(C)OCCC(=O)NCc1cccc(-c2nc(C(=O)O)cs2)c1. The number of nitrogens with one attached hydrogen (secondary N) is 1. The van der Waals surface area contributed by atoms with Crippen LogP contribution >= 0.6 is 11.3 Å². The number of hydrogen-bond acceptors (Lipinski definition) is 5. The first-order chi connectivity index (χ1) is 11.5. The van der Waals surface area contributed by atoms with Crippen molar-refractivity contribution >= 4 is 23.2 Å². The molecule has 0 bridgehead atoms. The third-order valence-electron chi connectivity index (χ3n) is 3.17. The van der Waals surface area contributed by atoms with Crippen LogP contribution in [0, 0.1) is 0 Å². The highest BCUT2D eigenvalue weighted by Gasteiger charge is 2.10. The Bertz CT molecular complexity index is 712. The number of ether oxygens (including phenoxy) is 1. The Morgan fingerprint density at radius 2 is 2.17 bits per heavy atom. The van der Waals surface area contributed by atoms with E-state index in [0.717, 1.165) is 11.1 Å². The second-order valence-electron chi connectivity index (χ2n) is 5.49. The monoisotopic (exact) mass is 348 g/mol. The van der Waals surface area contributed by atoms with Gasteiger partial charge in [0.1, 0.15) is 5.01 Å². The summed E-state index contributed by atoms with van der Waals surface area (Å²) in [6.07, 6.45) is 0.440. The van der Waals surface area contributed by atoms with E-state index in [0.29, 0.717) is 24.6 Å². The van der Waals surface area contributed by atoms with Gasteiger partial charge in [0.15, 0.2) is 5.69 Å². The second-order valence-corrected chi connectivity index (χ2v) is 6.35.